The third kappa shape index (κ3) is 4.86. The molecule has 2 N–H and O–H groups in total. The van der Waals surface area contributed by atoms with Gasteiger partial charge in [-0.25, -0.2) is 17.6 Å². The third-order valence-corrected chi connectivity index (χ3v) is 7.86. The zero-order chi connectivity index (χ0) is 28.3. The number of phenolic OH excluding ortho intramolecular Hbond substituents is 1. The smallest absolute Gasteiger partial charge is 0.337 e. The van der Waals surface area contributed by atoms with E-state index in [1.54, 1.807) is 52.8 Å². The standard InChI is InChI=1S/C28H29ClFNO6S/c1-14-21(18-11-10-17(29)12-20(18)32)23(26(27(33)34)37-28(3,4)5)15(2)25-22(14)24-16(8-7-9-19(24)30)13-31(25)38(6,35)36/h7-12,26,32H,13H2,1-6H3,(H,33,34)/t26-/m0/s1. The summed E-state index contributed by atoms with van der Waals surface area (Å²) in [6.07, 6.45) is -0.484. The van der Waals surface area contributed by atoms with Crippen molar-refractivity contribution in [3.05, 3.63) is 69.5 Å². The van der Waals surface area contributed by atoms with E-state index in [1.807, 2.05) is 0 Å². The van der Waals surface area contributed by atoms with Gasteiger partial charge < -0.3 is 14.9 Å². The molecule has 4 rings (SSSR count). The Kier molecular flexibility index (Phi) is 7.01. The molecule has 202 valence electrons. The van der Waals surface area contributed by atoms with Crippen molar-refractivity contribution >= 4 is 33.3 Å². The number of carboxylic acids is 1. The van der Waals surface area contributed by atoms with Crippen LogP contribution in [0.2, 0.25) is 5.02 Å². The lowest BCUT2D eigenvalue weighted by Gasteiger charge is -2.37. The van der Waals surface area contributed by atoms with E-state index in [1.165, 1.54) is 18.2 Å². The number of carbonyl (C=O) groups is 1. The molecule has 0 bridgehead atoms. The number of sulfonamides is 1. The van der Waals surface area contributed by atoms with Crippen molar-refractivity contribution in [3.8, 4) is 28.0 Å². The number of rotatable bonds is 5. The van der Waals surface area contributed by atoms with E-state index in [-0.39, 0.29) is 45.3 Å². The zero-order valence-corrected chi connectivity index (χ0v) is 23.5. The number of anilines is 1. The number of ether oxygens (including phenoxy) is 1. The van der Waals surface area contributed by atoms with E-state index >= 15 is 4.39 Å². The number of nitrogens with zero attached hydrogens (tertiary/aromatic N) is 1. The molecule has 1 aliphatic heterocycles. The maximum Gasteiger partial charge on any atom is 0.337 e. The molecular formula is C28H29ClFNO6S. The topological polar surface area (TPSA) is 104 Å². The monoisotopic (exact) mass is 561 g/mol. The van der Waals surface area contributed by atoms with Crippen LogP contribution in [0.1, 0.15) is 49.1 Å². The molecule has 0 saturated carbocycles. The molecule has 0 aromatic heterocycles. The molecule has 1 heterocycles. The summed E-state index contributed by atoms with van der Waals surface area (Å²) in [6.45, 7) is 8.24. The number of halogens is 2. The van der Waals surface area contributed by atoms with E-state index in [4.69, 9.17) is 16.3 Å². The van der Waals surface area contributed by atoms with Crippen molar-refractivity contribution in [3.63, 3.8) is 0 Å². The van der Waals surface area contributed by atoms with E-state index in [0.717, 1.165) is 10.6 Å². The molecular weight excluding hydrogens is 533 g/mol. The summed E-state index contributed by atoms with van der Waals surface area (Å²) in [4.78, 5) is 12.7. The van der Waals surface area contributed by atoms with Gasteiger partial charge in [0.1, 0.15) is 11.6 Å². The lowest BCUT2D eigenvalue weighted by Crippen LogP contribution is -2.35. The minimum Gasteiger partial charge on any atom is -0.507 e. The highest BCUT2D eigenvalue weighted by Gasteiger charge is 2.39. The molecule has 1 atom stereocenters. The number of carboxylic acid groups (broad SMARTS) is 1. The molecule has 3 aromatic carbocycles. The Morgan fingerprint density at radius 1 is 1.11 bits per heavy atom. The van der Waals surface area contributed by atoms with Gasteiger partial charge in [-0.2, -0.15) is 0 Å². The van der Waals surface area contributed by atoms with Crippen LogP contribution in [0, 0.1) is 19.7 Å². The largest absolute Gasteiger partial charge is 0.507 e. The molecule has 0 unspecified atom stereocenters. The highest BCUT2D eigenvalue weighted by atomic mass is 35.5. The van der Waals surface area contributed by atoms with Gasteiger partial charge in [-0.3, -0.25) is 4.31 Å². The van der Waals surface area contributed by atoms with E-state index in [0.29, 0.717) is 22.3 Å². The number of hydrogen-bond donors (Lipinski definition) is 2. The molecule has 10 heteroatoms. The van der Waals surface area contributed by atoms with Gasteiger partial charge in [0.15, 0.2) is 6.10 Å². The lowest BCUT2D eigenvalue weighted by molar-refractivity contribution is -0.160. The van der Waals surface area contributed by atoms with E-state index in [9.17, 15) is 23.4 Å². The van der Waals surface area contributed by atoms with Gasteiger partial charge in [0, 0.05) is 27.3 Å². The summed E-state index contributed by atoms with van der Waals surface area (Å²) in [5.74, 6) is -2.06. The number of benzene rings is 3. The van der Waals surface area contributed by atoms with Gasteiger partial charge in [-0.15, -0.1) is 0 Å². The summed E-state index contributed by atoms with van der Waals surface area (Å²) in [5.41, 5.74) is 1.68. The summed E-state index contributed by atoms with van der Waals surface area (Å²) in [5, 5.41) is 21.5. The van der Waals surface area contributed by atoms with Crippen molar-refractivity contribution in [2.24, 2.45) is 0 Å². The molecule has 0 radical (unpaired) electrons. The van der Waals surface area contributed by atoms with Crippen LogP contribution in [0.3, 0.4) is 0 Å². The fourth-order valence-electron chi connectivity index (χ4n) is 5.10. The zero-order valence-electron chi connectivity index (χ0n) is 21.9. The SMILES string of the molecule is Cc1c(-c2ccc(Cl)cc2O)c([C@H](OC(C)(C)C)C(=O)O)c(C)c2c1-c1c(F)cccc1CN2S(C)(=O)=O. The average Bonchev–Trinajstić information content (AvgIpc) is 2.78. The number of aromatic hydroxyl groups is 1. The minimum absolute atomic E-state index is 0.123. The van der Waals surface area contributed by atoms with E-state index in [2.05, 4.69) is 0 Å². The van der Waals surface area contributed by atoms with Crippen LogP contribution >= 0.6 is 11.6 Å². The summed E-state index contributed by atoms with van der Waals surface area (Å²) in [7, 11) is -3.87. The van der Waals surface area contributed by atoms with Crippen LogP contribution in [-0.4, -0.2) is 36.5 Å². The van der Waals surface area contributed by atoms with Gasteiger partial charge in [0.25, 0.3) is 0 Å². The second-order valence-corrected chi connectivity index (χ2v) is 12.8. The van der Waals surface area contributed by atoms with Gasteiger partial charge in [0.2, 0.25) is 10.0 Å². The van der Waals surface area contributed by atoms with Gasteiger partial charge in [-0.05, 0) is 81.1 Å². The first-order valence-corrected chi connectivity index (χ1v) is 14.1. The molecule has 0 saturated heterocycles. The molecule has 0 amide bonds. The maximum absolute atomic E-state index is 15.4. The molecule has 0 spiro atoms. The fourth-order valence-corrected chi connectivity index (χ4v) is 6.20. The van der Waals surface area contributed by atoms with Crippen LogP contribution in [0.5, 0.6) is 5.75 Å². The van der Waals surface area contributed by atoms with Crippen molar-refractivity contribution in [2.45, 2.75) is 52.9 Å². The first-order valence-electron chi connectivity index (χ1n) is 11.8. The Labute approximate surface area is 226 Å². The van der Waals surface area contributed by atoms with Crippen LogP contribution in [0.4, 0.5) is 10.1 Å². The van der Waals surface area contributed by atoms with Gasteiger partial charge >= 0.3 is 5.97 Å². The van der Waals surface area contributed by atoms with Crippen molar-refractivity contribution in [1.82, 2.24) is 0 Å². The molecule has 1 aliphatic rings. The Bertz CT molecular complexity index is 1580. The average molecular weight is 562 g/mol. The first kappa shape index (κ1) is 27.9. The Balaban J connectivity index is 2.26. The summed E-state index contributed by atoms with van der Waals surface area (Å²) >= 11 is 6.09. The number of hydrogen-bond acceptors (Lipinski definition) is 5. The van der Waals surface area contributed by atoms with E-state index < -0.39 is 33.5 Å². The van der Waals surface area contributed by atoms with Crippen LogP contribution in [0.15, 0.2) is 36.4 Å². The van der Waals surface area contributed by atoms with Crippen LogP contribution in [-0.2, 0) is 26.1 Å². The Morgan fingerprint density at radius 2 is 1.76 bits per heavy atom. The third-order valence-electron chi connectivity index (χ3n) is 6.52. The molecule has 7 nitrogen and oxygen atoms in total. The normalized spacial score (nSPS) is 14.2. The Hall–Kier alpha value is -3.14. The van der Waals surface area contributed by atoms with Crippen LogP contribution < -0.4 is 4.31 Å². The first-order chi connectivity index (χ1) is 17.5. The highest BCUT2D eigenvalue weighted by molar-refractivity contribution is 7.92. The highest BCUT2D eigenvalue weighted by Crippen LogP contribution is 2.53. The molecule has 0 fully saturated rings. The van der Waals surface area contributed by atoms with Gasteiger partial charge in [0.05, 0.1) is 24.1 Å². The predicted molar refractivity (Wildman–Crippen MR) is 146 cm³/mol. The molecule has 3 aromatic rings. The summed E-state index contributed by atoms with van der Waals surface area (Å²) < 4.78 is 48.6. The molecule has 38 heavy (non-hydrogen) atoms. The quantitative estimate of drug-likeness (QED) is 0.376. The summed E-state index contributed by atoms with van der Waals surface area (Å²) in [6, 6.07) is 8.89. The predicted octanol–water partition coefficient (Wildman–Crippen LogP) is 6.36. The van der Waals surface area contributed by atoms with Crippen molar-refractivity contribution < 1.29 is 32.6 Å². The van der Waals surface area contributed by atoms with Crippen LogP contribution in [0.25, 0.3) is 22.3 Å². The van der Waals surface area contributed by atoms with Gasteiger partial charge in [-0.1, -0.05) is 23.7 Å². The van der Waals surface area contributed by atoms with Crippen molar-refractivity contribution in [1.29, 1.82) is 0 Å². The number of fused-ring (bicyclic) bond motifs is 3. The number of phenols is 1. The molecule has 0 aliphatic carbocycles. The number of aliphatic carboxylic acids is 1. The fraction of sp³-hybridized carbons (Fsp3) is 0.321. The second kappa shape index (κ2) is 9.55. The maximum atomic E-state index is 15.4. The van der Waals surface area contributed by atoms with Crippen molar-refractivity contribution in [2.75, 3.05) is 10.6 Å². The minimum atomic E-state index is -3.87. The Morgan fingerprint density at radius 3 is 2.32 bits per heavy atom. The second-order valence-electron chi connectivity index (χ2n) is 10.4. The lowest BCUT2D eigenvalue weighted by atomic mass is 9.80.